The summed E-state index contributed by atoms with van der Waals surface area (Å²) in [6.07, 6.45) is -21.2. The van der Waals surface area contributed by atoms with Gasteiger partial charge in [-0.2, -0.15) is 52.7 Å². The minimum Gasteiger partial charge on any atom is -0.462 e. The Morgan fingerprint density at radius 1 is 0.521 bits per heavy atom. The highest BCUT2D eigenvalue weighted by Crippen LogP contribution is 2.71. The summed E-state index contributed by atoms with van der Waals surface area (Å²) in [5, 5.41) is 0. The first-order chi connectivity index (χ1) is 43.9. The second-order valence-electron chi connectivity index (χ2n) is 25.0. The second-order valence-corrected chi connectivity index (χ2v) is 25.0. The molecule has 0 bridgehead atoms. The molecule has 0 spiro atoms. The van der Waals surface area contributed by atoms with E-state index < -0.39 is 146 Å². The van der Waals surface area contributed by atoms with Crippen LogP contribution in [0.15, 0.2) is 168 Å². The number of rotatable bonds is 22. The lowest BCUT2D eigenvalue weighted by molar-refractivity contribution is -0.287. The predicted octanol–water partition coefficient (Wildman–Crippen LogP) is 16.1. The third kappa shape index (κ3) is 13.0. The van der Waals surface area contributed by atoms with Crippen molar-refractivity contribution in [2.45, 2.75) is 152 Å². The number of methoxy groups -OCH3 is 4. The maximum atomic E-state index is 15.7. The summed E-state index contributed by atoms with van der Waals surface area (Å²) < 4.78 is 229. The fourth-order valence-electron chi connectivity index (χ4n) is 14.8. The van der Waals surface area contributed by atoms with E-state index in [1.807, 2.05) is 0 Å². The van der Waals surface area contributed by atoms with Gasteiger partial charge in [0.25, 0.3) is 22.4 Å². The first kappa shape index (κ1) is 74.1. The number of ether oxygens (including phenoxy) is 8. The molecule has 94 heavy (non-hydrogen) atoms. The first-order valence-corrected chi connectivity index (χ1v) is 30.1. The first-order valence-electron chi connectivity index (χ1n) is 30.1. The average molecular weight is 1340 g/mol. The van der Waals surface area contributed by atoms with E-state index in [1.54, 1.807) is 40.7 Å². The molecule has 0 saturated heterocycles. The van der Waals surface area contributed by atoms with Crippen molar-refractivity contribution in [1.82, 2.24) is 0 Å². The minimum absolute atomic E-state index is 0.00924. The van der Waals surface area contributed by atoms with Gasteiger partial charge < -0.3 is 37.9 Å². The number of allylic oxidation sites excluding steroid dienone is 5. The molecule has 3 aliphatic carbocycles. The number of alkyl halides is 12. The Bertz CT molecular complexity index is 3460. The normalized spacial score (nSPS) is 26.2. The molecule has 7 rings (SSSR count). The molecular formula is C70H76F12O12. The molecule has 0 heterocycles. The number of hydrogen-bond acceptors (Lipinski definition) is 12. The van der Waals surface area contributed by atoms with Crippen LogP contribution in [-0.4, -0.2) is 102 Å². The van der Waals surface area contributed by atoms with E-state index in [4.69, 9.17) is 37.9 Å². The van der Waals surface area contributed by atoms with Crippen molar-refractivity contribution in [2.24, 2.45) is 28.1 Å². The summed E-state index contributed by atoms with van der Waals surface area (Å²) in [5.41, 5.74) is -20.3. The summed E-state index contributed by atoms with van der Waals surface area (Å²) in [4.78, 5) is 57.8. The monoisotopic (exact) mass is 1340 g/mol. The van der Waals surface area contributed by atoms with Gasteiger partial charge in [-0.15, -0.1) is 0 Å². The van der Waals surface area contributed by atoms with Gasteiger partial charge in [-0.3, -0.25) is 0 Å². The Kier molecular flexibility index (Phi) is 21.9. The smallest absolute Gasteiger partial charge is 0.432 e. The molecule has 12 nitrogen and oxygen atoms in total. The SMILES string of the molecule is CO[C@](C(=O)OC[C@]1(C)[C@@H]2CC[C@]3(C)/C(=C(C)/C=C/C=C(\C)[C@H](CC=C(C)C)OC(=O)[C@@](OC)(c4ccccc4)C(F)(F)F)[C@@H](OC(=O)[C@@](OC)(c4ccccc4)C(F)(F)F)C[C@H]3[C@@]2(C)CC[C@H]1OC(=O)[C@@](OC)(c1ccccc1)C(F)(F)F)(c1ccccc1)C(F)(F)F. The van der Waals surface area contributed by atoms with Gasteiger partial charge >= 0.3 is 48.6 Å². The fourth-order valence-corrected chi connectivity index (χ4v) is 14.8. The van der Waals surface area contributed by atoms with E-state index in [1.165, 1.54) is 105 Å². The molecular weight excluding hydrogens is 1260 g/mol. The van der Waals surface area contributed by atoms with Crippen LogP contribution >= 0.6 is 0 Å². The molecule has 3 aliphatic rings. The Balaban J connectivity index is 1.38. The number of carbonyl (C=O) groups excluding carboxylic acids is 4. The molecule has 12 atom stereocenters. The third-order valence-corrected chi connectivity index (χ3v) is 19.5. The Morgan fingerprint density at radius 3 is 1.31 bits per heavy atom. The summed E-state index contributed by atoms with van der Waals surface area (Å²) in [5.74, 6) is -9.43. The molecule has 0 aromatic heterocycles. The number of carbonyl (C=O) groups is 4. The van der Waals surface area contributed by atoms with Crippen LogP contribution in [-0.2, 0) is 79.5 Å². The molecule has 4 aromatic rings. The van der Waals surface area contributed by atoms with Gasteiger partial charge in [0.05, 0.1) is 0 Å². The molecule has 0 unspecified atom stereocenters. The number of halogens is 12. The van der Waals surface area contributed by atoms with Crippen molar-refractivity contribution in [3.8, 4) is 0 Å². The van der Waals surface area contributed by atoms with Gasteiger partial charge in [0, 0.05) is 62.5 Å². The van der Waals surface area contributed by atoms with Crippen LogP contribution in [0, 0.1) is 28.1 Å². The zero-order valence-corrected chi connectivity index (χ0v) is 53.6. The van der Waals surface area contributed by atoms with E-state index in [0.717, 1.165) is 61.2 Å². The summed E-state index contributed by atoms with van der Waals surface area (Å²) in [6, 6.07) is 23.7. The summed E-state index contributed by atoms with van der Waals surface area (Å²) >= 11 is 0. The van der Waals surface area contributed by atoms with E-state index in [9.17, 15) is 19.2 Å². The van der Waals surface area contributed by atoms with Crippen LogP contribution in [0.3, 0.4) is 0 Å². The standard InChI is InChI=1S/C70H76F12O12/c1-43(2)35-36-50(92-57(84)64(88-9,68(74,75)76)47-29-18-13-19-30-47)44(3)25-24-26-45(4)55-51(93-58(85)65(89-10,69(77,78)79)48-31-20-14-21-32-48)41-53-60(5)40-38-54(94-59(86)66(90-11,70(80,81)82)49-33-22-15-23-34-49)62(7,52(60)37-39-61(53,55)6)42-91-56(83)63(87-8,67(71,72)73)46-27-16-12-17-28-46/h12-35,50-54H,36-42H2,1-11H3/b26-24+,44-25+,55-45+/t50-,51-,52+,53-,54+,60-,61-,62+,63-,64-,65-,66-/m0/s1. The van der Waals surface area contributed by atoms with Gasteiger partial charge in [0.2, 0.25) is 0 Å². The van der Waals surface area contributed by atoms with Crippen molar-refractivity contribution in [3.05, 3.63) is 190 Å². The van der Waals surface area contributed by atoms with E-state index in [0.29, 0.717) is 26.9 Å². The van der Waals surface area contributed by atoms with Crippen molar-refractivity contribution < 1.29 is 110 Å². The zero-order chi connectivity index (χ0) is 69.9. The maximum absolute atomic E-state index is 15.7. The van der Waals surface area contributed by atoms with Crippen molar-refractivity contribution in [3.63, 3.8) is 0 Å². The predicted molar refractivity (Wildman–Crippen MR) is 319 cm³/mol. The highest BCUT2D eigenvalue weighted by molar-refractivity contribution is 5.85. The lowest BCUT2D eigenvalue weighted by Crippen LogP contribution is -2.62. The van der Waals surface area contributed by atoms with Crippen LogP contribution in [0.25, 0.3) is 0 Å². The van der Waals surface area contributed by atoms with Crippen LogP contribution in [0.4, 0.5) is 52.7 Å². The largest absolute Gasteiger partial charge is 0.462 e. The Labute approximate surface area is 537 Å². The summed E-state index contributed by atoms with van der Waals surface area (Å²) in [7, 11) is 2.68. The number of hydrogen-bond donors (Lipinski definition) is 0. The molecule has 0 N–H and O–H groups in total. The van der Waals surface area contributed by atoms with Gasteiger partial charge in [-0.05, 0) is 99.2 Å². The topological polar surface area (TPSA) is 142 Å². The van der Waals surface area contributed by atoms with Crippen LogP contribution < -0.4 is 0 Å². The zero-order valence-electron chi connectivity index (χ0n) is 53.6. The minimum atomic E-state index is -5.50. The van der Waals surface area contributed by atoms with Crippen LogP contribution in [0.2, 0.25) is 0 Å². The Hall–Kier alpha value is -7.28. The van der Waals surface area contributed by atoms with Gasteiger partial charge in [0.15, 0.2) is 0 Å². The highest BCUT2D eigenvalue weighted by Gasteiger charge is 2.72. The molecule has 4 aromatic carbocycles. The molecule has 0 amide bonds. The lowest BCUT2D eigenvalue weighted by atomic mass is 9.43. The maximum Gasteiger partial charge on any atom is 0.432 e. The van der Waals surface area contributed by atoms with Gasteiger partial charge in [-0.25, -0.2) is 19.2 Å². The Morgan fingerprint density at radius 2 is 0.915 bits per heavy atom. The lowest BCUT2D eigenvalue weighted by Gasteiger charge is -2.63. The van der Waals surface area contributed by atoms with Gasteiger partial charge in [0.1, 0.15) is 24.9 Å². The van der Waals surface area contributed by atoms with E-state index in [-0.39, 0.29) is 49.7 Å². The number of fused-ring (bicyclic) bond motifs is 3. The molecule has 3 fully saturated rings. The van der Waals surface area contributed by atoms with Crippen molar-refractivity contribution in [2.75, 3.05) is 35.0 Å². The summed E-state index contributed by atoms with van der Waals surface area (Å²) in [6.45, 7) is 10.3. The van der Waals surface area contributed by atoms with Crippen molar-refractivity contribution >= 4 is 23.9 Å². The van der Waals surface area contributed by atoms with Crippen LogP contribution in [0.1, 0.15) is 109 Å². The molecule has 24 heteroatoms. The molecule has 512 valence electrons. The van der Waals surface area contributed by atoms with Crippen molar-refractivity contribution in [1.29, 1.82) is 0 Å². The van der Waals surface area contributed by atoms with Gasteiger partial charge in [-0.1, -0.05) is 172 Å². The van der Waals surface area contributed by atoms with E-state index >= 15 is 52.7 Å². The number of esters is 4. The number of benzene rings is 4. The second kappa shape index (κ2) is 27.8. The van der Waals surface area contributed by atoms with Crippen LogP contribution in [0.5, 0.6) is 0 Å². The molecule has 0 radical (unpaired) electrons. The molecule has 0 aliphatic heterocycles. The third-order valence-electron chi connectivity index (χ3n) is 19.5. The molecule has 3 saturated carbocycles. The fraction of sp³-hybridized carbons (Fsp3) is 0.486. The quantitative estimate of drug-likeness (QED) is 0.0243. The highest BCUT2D eigenvalue weighted by atomic mass is 19.4. The van der Waals surface area contributed by atoms with E-state index in [2.05, 4.69) is 0 Å². The average Bonchev–Trinajstić information content (AvgIpc) is 1.43.